The Morgan fingerprint density at radius 1 is 1.21 bits per heavy atom. The minimum atomic E-state index is -0.300. The van der Waals surface area contributed by atoms with Crippen molar-refractivity contribution >= 4 is 38.3 Å². The van der Waals surface area contributed by atoms with Crippen LogP contribution in [0.2, 0.25) is 0 Å². The molecule has 0 atom stereocenters. The van der Waals surface area contributed by atoms with Crippen LogP contribution < -0.4 is 10.1 Å². The predicted molar refractivity (Wildman–Crippen MR) is 95.8 cm³/mol. The van der Waals surface area contributed by atoms with Gasteiger partial charge in [0.05, 0.1) is 10.2 Å². The molecule has 0 spiro atoms. The summed E-state index contributed by atoms with van der Waals surface area (Å²) in [5.41, 5.74) is 1.47. The van der Waals surface area contributed by atoms with Crippen molar-refractivity contribution in [3.63, 3.8) is 0 Å². The molecule has 0 bridgehead atoms. The van der Waals surface area contributed by atoms with Gasteiger partial charge in [0.15, 0.2) is 11.7 Å². The molecule has 0 aliphatic heterocycles. The highest BCUT2D eigenvalue weighted by Crippen LogP contribution is 2.26. The molecule has 1 aromatic heterocycles. The normalized spacial score (nSPS) is 10.4. The molecule has 1 N–H and O–H groups in total. The lowest BCUT2D eigenvalue weighted by Gasteiger charge is -2.07. The van der Waals surface area contributed by atoms with Crippen LogP contribution in [-0.2, 0) is 4.79 Å². The molecule has 3 aromatic rings. The first kappa shape index (κ1) is 16.6. The Morgan fingerprint density at radius 2 is 1.96 bits per heavy atom. The minimum absolute atomic E-state index is 0.117. The van der Waals surface area contributed by atoms with Gasteiger partial charge in [0, 0.05) is 10.9 Å². The van der Waals surface area contributed by atoms with Crippen LogP contribution in [0.5, 0.6) is 5.75 Å². The van der Waals surface area contributed by atoms with E-state index in [-0.39, 0.29) is 18.3 Å². The molecule has 0 fully saturated rings. The predicted octanol–water partition coefficient (Wildman–Crippen LogP) is 4.73. The van der Waals surface area contributed by atoms with Crippen LogP contribution in [0.3, 0.4) is 0 Å². The van der Waals surface area contributed by atoms with E-state index in [0.717, 1.165) is 10.0 Å². The molecule has 1 heterocycles. The Balaban J connectivity index is 1.59. The largest absolute Gasteiger partial charge is 0.483 e. The number of para-hydroxylation sites is 1. The number of carbonyl (C=O) groups excluding carboxylic acids is 1. The van der Waals surface area contributed by atoms with E-state index in [1.165, 1.54) is 23.5 Å². The quantitative estimate of drug-likeness (QED) is 0.666. The number of aromatic nitrogens is 1. The van der Waals surface area contributed by atoms with Gasteiger partial charge >= 0.3 is 0 Å². The lowest BCUT2D eigenvalue weighted by molar-refractivity contribution is -0.118. The number of halogens is 2. The monoisotopic (exact) mass is 406 g/mol. The van der Waals surface area contributed by atoms with Crippen molar-refractivity contribution in [2.75, 3.05) is 11.9 Å². The van der Waals surface area contributed by atoms with Gasteiger partial charge in [-0.1, -0.05) is 12.1 Å². The fraction of sp³-hybridized carbons (Fsp3) is 0.0588. The van der Waals surface area contributed by atoms with Crippen molar-refractivity contribution in [1.82, 2.24) is 4.98 Å². The van der Waals surface area contributed by atoms with Gasteiger partial charge in [-0.25, -0.2) is 9.37 Å². The highest BCUT2D eigenvalue weighted by atomic mass is 79.9. The number of nitrogens with zero attached hydrogens (tertiary/aromatic N) is 1. The third-order valence-electron chi connectivity index (χ3n) is 3.09. The van der Waals surface area contributed by atoms with Gasteiger partial charge < -0.3 is 4.74 Å². The number of ether oxygens (including phenoxy) is 1. The van der Waals surface area contributed by atoms with Crippen LogP contribution in [0, 0.1) is 5.82 Å². The number of nitrogens with one attached hydrogen (secondary N) is 1. The molecule has 3 rings (SSSR count). The Hall–Kier alpha value is -2.25. The molecule has 0 radical (unpaired) electrons. The van der Waals surface area contributed by atoms with E-state index in [2.05, 4.69) is 26.2 Å². The smallest absolute Gasteiger partial charge is 0.264 e. The molecule has 0 aliphatic carbocycles. The van der Waals surface area contributed by atoms with Crippen LogP contribution >= 0.6 is 27.3 Å². The maximum absolute atomic E-state index is 12.9. The zero-order valence-corrected chi connectivity index (χ0v) is 14.7. The number of amides is 1. The van der Waals surface area contributed by atoms with Crippen molar-refractivity contribution in [1.29, 1.82) is 0 Å². The standard InChI is InChI=1S/C17H12BrFN2O2S/c18-13-3-1-2-4-15(13)23-9-16(22)21-17-20-14(10-24-17)11-5-7-12(19)8-6-11/h1-8,10H,9H2,(H,20,21,22). The molecule has 122 valence electrons. The molecule has 0 aliphatic rings. The number of thiazole rings is 1. The first-order valence-corrected chi connectivity index (χ1v) is 8.68. The number of hydrogen-bond acceptors (Lipinski definition) is 4. The summed E-state index contributed by atoms with van der Waals surface area (Å²) < 4.78 is 19.2. The van der Waals surface area contributed by atoms with E-state index in [1.54, 1.807) is 23.6 Å². The third-order valence-corrected chi connectivity index (χ3v) is 4.50. The van der Waals surface area contributed by atoms with Gasteiger partial charge in [0.25, 0.3) is 5.91 Å². The molecule has 24 heavy (non-hydrogen) atoms. The van der Waals surface area contributed by atoms with Crippen LogP contribution in [0.1, 0.15) is 0 Å². The van der Waals surface area contributed by atoms with Crippen LogP contribution in [-0.4, -0.2) is 17.5 Å². The topological polar surface area (TPSA) is 51.2 Å². The summed E-state index contributed by atoms with van der Waals surface area (Å²) in [5.74, 6) is -0.00345. The summed E-state index contributed by atoms with van der Waals surface area (Å²) in [6.45, 7) is -0.117. The highest BCUT2D eigenvalue weighted by Gasteiger charge is 2.09. The highest BCUT2D eigenvalue weighted by molar-refractivity contribution is 9.10. The van der Waals surface area contributed by atoms with Crippen molar-refractivity contribution in [3.8, 4) is 17.0 Å². The van der Waals surface area contributed by atoms with Gasteiger partial charge in [0.2, 0.25) is 0 Å². The Kier molecular flexibility index (Phi) is 5.22. The Bertz CT molecular complexity index is 852. The Morgan fingerprint density at radius 3 is 2.71 bits per heavy atom. The van der Waals surface area contributed by atoms with E-state index < -0.39 is 0 Å². The second kappa shape index (κ2) is 7.55. The van der Waals surface area contributed by atoms with E-state index >= 15 is 0 Å². The molecule has 7 heteroatoms. The maximum atomic E-state index is 12.9. The van der Waals surface area contributed by atoms with Crippen molar-refractivity contribution in [3.05, 3.63) is 64.2 Å². The minimum Gasteiger partial charge on any atom is -0.483 e. The molecule has 0 unspecified atom stereocenters. The first-order chi connectivity index (χ1) is 11.6. The van der Waals surface area contributed by atoms with Crippen molar-refractivity contribution < 1.29 is 13.9 Å². The van der Waals surface area contributed by atoms with Gasteiger partial charge in [-0.2, -0.15) is 0 Å². The fourth-order valence-electron chi connectivity index (χ4n) is 1.94. The zero-order chi connectivity index (χ0) is 16.9. The lowest BCUT2D eigenvalue weighted by atomic mass is 10.2. The van der Waals surface area contributed by atoms with Gasteiger partial charge in [-0.05, 0) is 52.3 Å². The molecule has 0 saturated heterocycles. The molecule has 1 amide bonds. The SMILES string of the molecule is O=C(COc1ccccc1Br)Nc1nc(-c2ccc(F)cc2)cs1. The van der Waals surface area contributed by atoms with Crippen molar-refractivity contribution in [2.45, 2.75) is 0 Å². The van der Waals surface area contributed by atoms with E-state index in [0.29, 0.717) is 16.6 Å². The van der Waals surface area contributed by atoms with E-state index in [4.69, 9.17) is 4.74 Å². The molecule has 2 aromatic carbocycles. The van der Waals surface area contributed by atoms with Gasteiger partial charge in [-0.15, -0.1) is 11.3 Å². The number of benzene rings is 2. The van der Waals surface area contributed by atoms with Gasteiger partial charge in [0.1, 0.15) is 11.6 Å². The molecule has 4 nitrogen and oxygen atoms in total. The zero-order valence-electron chi connectivity index (χ0n) is 12.3. The average Bonchev–Trinajstić information content (AvgIpc) is 3.03. The lowest BCUT2D eigenvalue weighted by Crippen LogP contribution is -2.20. The van der Waals surface area contributed by atoms with Crippen LogP contribution in [0.15, 0.2) is 58.4 Å². The number of carbonyl (C=O) groups is 1. The summed E-state index contributed by atoms with van der Waals surface area (Å²) >= 11 is 4.65. The summed E-state index contributed by atoms with van der Waals surface area (Å²) in [6.07, 6.45) is 0. The van der Waals surface area contributed by atoms with Crippen molar-refractivity contribution in [2.24, 2.45) is 0 Å². The third kappa shape index (κ3) is 4.18. The second-order valence-electron chi connectivity index (χ2n) is 4.81. The van der Waals surface area contributed by atoms with Crippen LogP contribution in [0.4, 0.5) is 9.52 Å². The first-order valence-electron chi connectivity index (χ1n) is 7.00. The summed E-state index contributed by atoms with van der Waals surface area (Å²) in [5, 5.41) is 4.96. The second-order valence-corrected chi connectivity index (χ2v) is 6.52. The molecule has 0 saturated carbocycles. The summed E-state index contributed by atoms with van der Waals surface area (Å²) in [4.78, 5) is 16.3. The van der Waals surface area contributed by atoms with Gasteiger partial charge in [-0.3, -0.25) is 10.1 Å². The van der Waals surface area contributed by atoms with E-state index in [9.17, 15) is 9.18 Å². The summed E-state index contributed by atoms with van der Waals surface area (Å²) in [6, 6.07) is 13.3. The number of anilines is 1. The molecular weight excluding hydrogens is 395 g/mol. The number of hydrogen-bond donors (Lipinski definition) is 1. The summed E-state index contributed by atoms with van der Waals surface area (Å²) in [7, 11) is 0. The number of rotatable bonds is 5. The molecular formula is C17H12BrFN2O2S. The fourth-order valence-corrected chi connectivity index (χ4v) is 3.08. The van der Waals surface area contributed by atoms with Crippen LogP contribution in [0.25, 0.3) is 11.3 Å². The average molecular weight is 407 g/mol. The Labute approximate surface area is 150 Å². The van der Waals surface area contributed by atoms with E-state index in [1.807, 2.05) is 18.2 Å². The maximum Gasteiger partial charge on any atom is 0.264 e.